The van der Waals surface area contributed by atoms with Gasteiger partial charge in [0.25, 0.3) is 0 Å². The van der Waals surface area contributed by atoms with Crippen LogP contribution in [0.2, 0.25) is 0 Å². The third-order valence-electron chi connectivity index (χ3n) is 5.38. The standard InChI is InChI=1S/C23H30N2O4S/c1-15-11-12-16(2)20(13-15)25(30(6,27)28)17(3)22(26)24-19-14-23(4,5)29-21-10-8-7-9-18(19)21/h7-13,17,19H,14H2,1-6H3,(H,24,26)/t17-,19+/m1/s1. The first-order valence-corrected chi connectivity index (χ1v) is 11.9. The number of fused-ring (bicyclic) bond motifs is 1. The van der Waals surface area contributed by atoms with Gasteiger partial charge >= 0.3 is 0 Å². The van der Waals surface area contributed by atoms with Crippen molar-refractivity contribution in [2.45, 2.75) is 58.7 Å². The molecule has 0 saturated heterocycles. The normalized spacial score (nSPS) is 18.7. The van der Waals surface area contributed by atoms with Gasteiger partial charge in [-0.15, -0.1) is 0 Å². The molecule has 162 valence electrons. The molecule has 2 atom stereocenters. The van der Waals surface area contributed by atoms with Gasteiger partial charge in [0, 0.05) is 12.0 Å². The Morgan fingerprint density at radius 3 is 2.53 bits per heavy atom. The van der Waals surface area contributed by atoms with E-state index in [4.69, 9.17) is 4.74 Å². The van der Waals surface area contributed by atoms with Gasteiger partial charge in [0.15, 0.2) is 0 Å². The second-order valence-corrected chi connectivity index (χ2v) is 10.5. The first-order valence-electron chi connectivity index (χ1n) is 10.0. The molecule has 7 heteroatoms. The first-order chi connectivity index (χ1) is 13.9. The maximum atomic E-state index is 13.2. The molecule has 2 aromatic carbocycles. The molecule has 2 aromatic rings. The Morgan fingerprint density at radius 1 is 1.20 bits per heavy atom. The number of para-hydroxylation sites is 1. The van der Waals surface area contributed by atoms with E-state index in [1.54, 1.807) is 13.0 Å². The number of nitrogens with zero attached hydrogens (tertiary/aromatic N) is 1. The van der Waals surface area contributed by atoms with E-state index in [1.807, 2.05) is 64.1 Å². The van der Waals surface area contributed by atoms with E-state index >= 15 is 0 Å². The quantitative estimate of drug-likeness (QED) is 0.781. The largest absolute Gasteiger partial charge is 0.487 e. The molecule has 0 aliphatic carbocycles. The maximum Gasteiger partial charge on any atom is 0.244 e. The summed E-state index contributed by atoms with van der Waals surface area (Å²) >= 11 is 0. The Labute approximate surface area is 179 Å². The van der Waals surface area contributed by atoms with Gasteiger partial charge < -0.3 is 10.1 Å². The number of carbonyl (C=O) groups excluding carboxylic acids is 1. The minimum atomic E-state index is -3.68. The number of rotatable bonds is 5. The molecule has 0 fully saturated rings. The highest BCUT2D eigenvalue weighted by Crippen LogP contribution is 2.39. The maximum absolute atomic E-state index is 13.2. The van der Waals surface area contributed by atoms with Crippen molar-refractivity contribution in [3.63, 3.8) is 0 Å². The summed E-state index contributed by atoms with van der Waals surface area (Å²) < 4.78 is 32.6. The molecule has 0 unspecified atom stereocenters. The minimum Gasteiger partial charge on any atom is -0.487 e. The van der Waals surface area contributed by atoms with Crippen molar-refractivity contribution in [3.05, 3.63) is 59.2 Å². The number of hydrogen-bond donors (Lipinski definition) is 1. The molecule has 0 spiro atoms. The number of amides is 1. The zero-order valence-electron chi connectivity index (χ0n) is 18.4. The molecule has 1 aliphatic rings. The average molecular weight is 431 g/mol. The van der Waals surface area contributed by atoms with Crippen molar-refractivity contribution in [3.8, 4) is 5.75 Å². The fourth-order valence-electron chi connectivity index (χ4n) is 3.96. The number of aryl methyl sites for hydroxylation is 2. The summed E-state index contributed by atoms with van der Waals surface area (Å²) in [6.45, 7) is 9.31. The second-order valence-electron chi connectivity index (χ2n) is 8.69. The van der Waals surface area contributed by atoms with Crippen LogP contribution in [0.15, 0.2) is 42.5 Å². The molecule has 1 aliphatic heterocycles. The van der Waals surface area contributed by atoms with Gasteiger partial charge in [-0.1, -0.05) is 30.3 Å². The van der Waals surface area contributed by atoms with Crippen LogP contribution >= 0.6 is 0 Å². The van der Waals surface area contributed by atoms with Crippen LogP contribution in [-0.2, 0) is 14.8 Å². The minimum absolute atomic E-state index is 0.264. The van der Waals surface area contributed by atoms with Gasteiger partial charge in [0.05, 0.1) is 18.0 Å². The average Bonchev–Trinajstić information content (AvgIpc) is 2.62. The van der Waals surface area contributed by atoms with Gasteiger partial charge in [0.2, 0.25) is 15.9 Å². The summed E-state index contributed by atoms with van der Waals surface area (Å²) in [5.74, 6) is 0.389. The number of sulfonamides is 1. The van der Waals surface area contributed by atoms with Crippen molar-refractivity contribution in [2.24, 2.45) is 0 Å². The summed E-state index contributed by atoms with van der Waals surface area (Å²) in [5, 5.41) is 3.06. The number of anilines is 1. The fraction of sp³-hybridized carbons (Fsp3) is 0.435. The van der Waals surface area contributed by atoms with Crippen LogP contribution in [-0.4, -0.2) is 32.2 Å². The van der Waals surface area contributed by atoms with Gasteiger partial charge in [-0.3, -0.25) is 9.10 Å². The van der Waals surface area contributed by atoms with E-state index in [1.165, 1.54) is 4.31 Å². The summed E-state index contributed by atoms with van der Waals surface area (Å²) in [7, 11) is -3.68. The van der Waals surface area contributed by atoms with Crippen molar-refractivity contribution in [2.75, 3.05) is 10.6 Å². The Balaban J connectivity index is 1.93. The molecule has 6 nitrogen and oxygen atoms in total. The molecule has 0 bridgehead atoms. The molecule has 0 aromatic heterocycles. The van der Waals surface area contributed by atoms with Crippen LogP contribution in [0.5, 0.6) is 5.75 Å². The van der Waals surface area contributed by atoms with Crippen molar-refractivity contribution >= 4 is 21.6 Å². The third kappa shape index (κ3) is 4.61. The van der Waals surface area contributed by atoms with Crippen LogP contribution < -0.4 is 14.4 Å². The fourth-order valence-corrected chi connectivity index (χ4v) is 5.19. The van der Waals surface area contributed by atoms with Gasteiger partial charge in [-0.05, 0) is 57.9 Å². The highest BCUT2D eigenvalue weighted by Gasteiger charge is 2.37. The summed E-state index contributed by atoms with van der Waals surface area (Å²) in [4.78, 5) is 13.2. The van der Waals surface area contributed by atoms with E-state index in [2.05, 4.69) is 5.32 Å². The van der Waals surface area contributed by atoms with Gasteiger partial charge in [-0.25, -0.2) is 8.42 Å². The molecular formula is C23H30N2O4S. The molecule has 0 saturated carbocycles. The van der Waals surface area contributed by atoms with Crippen LogP contribution in [0.3, 0.4) is 0 Å². The SMILES string of the molecule is Cc1ccc(C)c(N([C@H](C)C(=O)N[C@H]2CC(C)(C)Oc3ccccc32)S(C)(=O)=O)c1. The highest BCUT2D eigenvalue weighted by molar-refractivity contribution is 7.92. The molecule has 0 radical (unpaired) electrons. The number of hydrogen-bond acceptors (Lipinski definition) is 4. The lowest BCUT2D eigenvalue weighted by Crippen LogP contribution is -2.50. The lowest BCUT2D eigenvalue weighted by Gasteiger charge is -2.39. The third-order valence-corrected chi connectivity index (χ3v) is 6.61. The van der Waals surface area contributed by atoms with E-state index in [0.29, 0.717) is 12.1 Å². The zero-order chi connectivity index (χ0) is 22.3. The lowest BCUT2D eigenvalue weighted by atomic mass is 9.89. The Kier molecular flexibility index (Phi) is 5.87. The molecule has 1 N–H and O–H groups in total. The topological polar surface area (TPSA) is 75.7 Å². The van der Waals surface area contributed by atoms with E-state index in [-0.39, 0.29) is 11.9 Å². The molecule has 30 heavy (non-hydrogen) atoms. The Morgan fingerprint density at radius 2 is 1.87 bits per heavy atom. The van der Waals surface area contributed by atoms with E-state index in [9.17, 15) is 13.2 Å². The van der Waals surface area contributed by atoms with Crippen molar-refractivity contribution in [1.29, 1.82) is 0 Å². The highest BCUT2D eigenvalue weighted by atomic mass is 32.2. The number of carbonyl (C=O) groups is 1. The van der Waals surface area contributed by atoms with Crippen LogP contribution in [0.4, 0.5) is 5.69 Å². The smallest absolute Gasteiger partial charge is 0.244 e. The van der Waals surface area contributed by atoms with E-state index < -0.39 is 21.7 Å². The van der Waals surface area contributed by atoms with Crippen molar-refractivity contribution in [1.82, 2.24) is 5.32 Å². The lowest BCUT2D eigenvalue weighted by molar-refractivity contribution is -0.123. The van der Waals surface area contributed by atoms with E-state index in [0.717, 1.165) is 28.7 Å². The Hall–Kier alpha value is -2.54. The number of ether oxygens (including phenoxy) is 1. The van der Waals surface area contributed by atoms with Crippen LogP contribution in [0.1, 0.15) is 49.9 Å². The van der Waals surface area contributed by atoms with Crippen molar-refractivity contribution < 1.29 is 17.9 Å². The number of benzene rings is 2. The Bertz CT molecular complexity index is 1060. The first kappa shape index (κ1) is 22.2. The van der Waals surface area contributed by atoms with Crippen LogP contribution in [0, 0.1) is 13.8 Å². The van der Waals surface area contributed by atoms with Gasteiger partial charge in [-0.2, -0.15) is 0 Å². The number of nitrogens with one attached hydrogen (secondary N) is 1. The summed E-state index contributed by atoms with van der Waals surface area (Å²) in [6.07, 6.45) is 1.72. The van der Waals surface area contributed by atoms with Crippen LogP contribution in [0.25, 0.3) is 0 Å². The summed E-state index contributed by atoms with van der Waals surface area (Å²) in [6, 6.07) is 12.0. The molecule has 1 amide bonds. The molecular weight excluding hydrogens is 400 g/mol. The van der Waals surface area contributed by atoms with Gasteiger partial charge in [0.1, 0.15) is 17.4 Å². The monoisotopic (exact) mass is 430 g/mol. The molecule has 3 rings (SSSR count). The predicted molar refractivity (Wildman–Crippen MR) is 119 cm³/mol. The summed E-state index contributed by atoms with van der Waals surface area (Å²) in [5.41, 5.74) is 2.70. The predicted octanol–water partition coefficient (Wildman–Crippen LogP) is 3.88. The zero-order valence-corrected chi connectivity index (χ0v) is 19.2. The second kappa shape index (κ2) is 7.95. The molecule has 1 heterocycles.